The van der Waals surface area contributed by atoms with E-state index in [9.17, 15) is 4.79 Å². The summed E-state index contributed by atoms with van der Waals surface area (Å²) < 4.78 is 0. The first kappa shape index (κ1) is 17.8. The summed E-state index contributed by atoms with van der Waals surface area (Å²) in [6.45, 7) is 2.54. The topological polar surface area (TPSA) is 58.1 Å². The van der Waals surface area contributed by atoms with Crippen molar-refractivity contribution in [3.05, 3.63) is 16.9 Å². The Kier molecular flexibility index (Phi) is 6.60. The quantitative estimate of drug-likeness (QED) is 0.778. The summed E-state index contributed by atoms with van der Waals surface area (Å²) in [6, 6.07) is 0. The van der Waals surface area contributed by atoms with E-state index in [1.807, 2.05) is 11.8 Å². The van der Waals surface area contributed by atoms with Crippen molar-refractivity contribution in [1.29, 1.82) is 0 Å². The fourth-order valence-electron chi connectivity index (χ4n) is 3.29. The van der Waals surface area contributed by atoms with Gasteiger partial charge in [-0.25, -0.2) is 9.97 Å². The predicted octanol–water partition coefficient (Wildman–Crippen LogP) is 3.53. The molecule has 0 atom stereocenters. The minimum absolute atomic E-state index is 0.201. The van der Waals surface area contributed by atoms with Crippen molar-refractivity contribution in [3.63, 3.8) is 0 Å². The summed E-state index contributed by atoms with van der Waals surface area (Å²) in [7, 11) is 0. The first-order valence-corrected chi connectivity index (χ1v) is 10.3. The number of rotatable bonds is 6. The van der Waals surface area contributed by atoms with Crippen LogP contribution in [0, 0.1) is 0 Å². The maximum Gasteiger partial charge on any atom is 0.271 e. The van der Waals surface area contributed by atoms with Gasteiger partial charge in [-0.3, -0.25) is 4.79 Å². The van der Waals surface area contributed by atoms with E-state index >= 15 is 0 Å². The number of carbonyl (C=O) groups is 1. The zero-order valence-electron chi connectivity index (χ0n) is 14.0. The van der Waals surface area contributed by atoms with Gasteiger partial charge in [0.25, 0.3) is 5.91 Å². The summed E-state index contributed by atoms with van der Waals surface area (Å²) in [6.07, 6.45) is 10.4. The van der Waals surface area contributed by atoms with Gasteiger partial charge in [0.2, 0.25) is 5.95 Å². The number of amides is 1. The number of thioether (sulfide) groups is 1. The Hall–Kier alpha value is -1.01. The Bertz CT molecular complexity index is 560. The molecule has 3 rings (SSSR count). The van der Waals surface area contributed by atoms with E-state index in [0.717, 1.165) is 36.9 Å². The first-order valence-electron chi connectivity index (χ1n) is 8.91. The van der Waals surface area contributed by atoms with Crippen LogP contribution in [0.25, 0.3) is 0 Å². The summed E-state index contributed by atoms with van der Waals surface area (Å²) in [4.78, 5) is 23.2. The Labute approximate surface area is 153 Å². The van der Waals surface area contributed by atoms with Crippen LogP contribution in [-0.2, 0) is 0 Å². The van der Waals surface area contributed by atoms with Crippen LogP contribution in [0.3, 0.4) is 0 Å². The highest BCUT2D eigenvalue weighted by atomic mass is 35.5. The number of aromatic nitrogens is 2. The van der Waals surface area contributed by atoms with Crippen LogP contribution in [0.2, 0.25) is 5.02 Å². The third-order valence-electron chi connectivity index (χ3n) is 4.63. The van der Waals surface area contributed by atoms with Crippen LogP contribution in [-0.4, -0.2) is 46.5 Å². The largest absolute Gasteiger partial charge is 0.350 e. The van der Waals surface area contributed by atoms with E-state index in [4.69, 9.17) is 11.6 Å². The number of nitrogens with one attached hydrogen (secondary N) is 1. The van der Waals surface area contributed by atoms with Crippen molar-refractivity contribution in [2.45, 2.75) is 50.2 Å². The van der Waals surface area contributed by atoms with Crippen LogP contribution >= 0.6 is 23.4 Å². The molecule has 5 nitrogen and oxygen atoms in total. The normalized spacial score (nSPS) is 18.8. The second-order valence-electron chi connectivity index (χ2n) is 6.45. The molecule has 2 fully saturated rings. The van der Waals surface area contributed by atoms with Gasteiger partial charge in [0.15, 0.2) is 5.69 Å². The summed E-state index contributed by atoms with van der Waals surface area (Å²) in [5.41, 5.74) is 0.290. The molecule has 2 heterocycles. The van der Waals surface area contributed by atoms with Gasteiger partial charge in [0.1, 0.15) is 0 Å². The fourth-order valence-corrected chi connectivity index (χ4v) is 4.69. The molecule has 0 bridgehead atoms. The van der Waals surface area contributed by atoms with Crippen molar-refractivity contribution >= 4 is 35.2 Å². The zero-order chi connectivity index (χ0) is 16.8. The molecule has 24 heavy (non-hydrogen) atoms. The highest BCUT2D eigenvalue weighted by Gasteiger charge is 2.19. The molecular weight excluding hydrogens is 344 g/mol. The molecule has 1 saturated carbocycles. The lowest BCUT2D eigenvalue weighted by atomic mass is 10.1. The van der Waals surface area contributed by atoms with Crippen molar-refractivity contribution in [3.8, 4) is 0 Å². The van der Waals surface area contributed by atoms with Crippen molar-refractivity contribution in [2.75, 3.05) is 30.3 Å². The van der Waals surface area contributed by atoms with Gasteiger partial charge in [0, 0.05) is 30.6 Å². The molecule has 0 radical (unpaired) electrons. The minimum Gasteiger partial charge on any atom is -0.350 e. The molecule has 1 saturated heterocycles. The van der Waals surface area contributed by atoms with Gasteiger partial charge in [-0.1, -0.05) is 24.4 Å². The van der Waals surface area contributed by atoms with Crippen LogP contribution in [0.5, 0.6) is 0 Å². The molecule has 1 aliphatic carbocycles. The SMILES string of the molecule is O=C(NCCSC1CCCC1)c1nc(N2CCCCC2)ncc1Cl. The maximum absolute atomic E-state index is 12.4. The van der Waals surface area contributed by atoms with Crippen LogP contribution in [0.4, 0.5) is 5.95 Å². The smallest absolute Gasteiger partial charge is 0.271 e. The van der Waals surface area contributed by atoms with Gasteiger partial charge >= 0.3 is 0 Å². The van der Waals surface area contributed by atoms with E-state index in [1.54, 1.807) is 6.20 Å². The molecule has 7 heteroatoms. The second-order valence-corrected chi connectivity index (χ2v) is 8.26. The van der Waals surface area contributed by atoms with Gasteiger partial charge in [0.05, 0.1) is 11.2 Å². The average Bonchev–Trinajstić information content (AvgIpc) is 3.13. The van der Waals surface area contributed by atoms with Gasteiger partial charge < -0.3 is 10.2 Å². The van der Waals surface area contributed by atoms with Crippen LogP contribution in [0.1, 0.15) is 55.4 Å². The lowest BCUT2D eigenvalue weighted by Crippen LogP contribution is -2.32. The monoisotopic (exact) mass is 368 g/mol. The van der Waals surface area contributed by atoms with Crippen LogP contribution in [0.15, 0.2) is 6.20 Å². The lowest BCUT2D eigenvalue weighted by Gasteiger charge is -2.26. The van der Waals surface area contributed by atoms with Crippen LogP contribution < -0.4 is 10.2 Å². The molecule has 0 spiro atoms. The molecule has 132 valence electrons. The Morgan fingerprint density at radius 2 is 2.00 bits per heavy atom. The number of nitrogens with zero attached hydrogens (tertiary/aromatic N) is 3. The molecule has 0 unspecified atom stereocenters. The van der Waals surface area contributed by atoms with Gasteiger partial charge in [-0.15, -0.1) is 0 Å². The molecule has 1 aromatic heterocycles. The number of hydrogen-bond donors (Lipinski definition) is 1. The maximum atomic E-state index is 12.4. The molecule has 2 aliphatic rings. The van der Waals surface area contributed by atoms with E-state index in [-0.39, 0.29) is 11.6 Å². The number of hydrogen-bond acceptors (Lipinski definition) is 5. The highest BCUT2D eigenvalue weighted by Crippen LogP contribution is 2.28. The summed E-state index contributed by atoms with van der Waals surface area (Å²) in [5.74, 6) is 1.36. The molecule has 0 aromatic carbocycles. The minimum atomic E-state index is -0.201. The molecule has 1 aliphatic heterocycles. The Morgan fingerprint density at radius 3 is 2.75 bits per heavy atom. The van der Waals surface area contributed by atoms with E-state index < -0.39 is 0 Å². The third kappa shape index (κ3) is 4.76. The summed E-state index contributed by atoms with van der Waals surface area (Å²) >= 11 is 8.10. The second kappa shape index (κ2) is 8.90. The third-order valence-corrected chi connectivity index (χ3v) is 6.29. The predicted molar refractivity (Wildman–Crippen MR) is 100 cm³/mol. The van der Waals surface area contributed by atoms with Crippen molar-refractivity contribution in [1.82, 2.24) is 15.3 Å². The molecule has 1 N–H and O–H groups in total. The number of anilines is 1. The Morgan fingerprint density at radius 1 is 1.25 bits per heavy atom. The Balaban J connectivity index is 1.53. The van der Waals surface area contributed by atoms with E-state index in [1.165, 1.54) is 32.1 Å². The number of piperidine rings is 1. The number of carbonyl (C=O) groups excluding carboxylic acids is 1. The molecular formula is C17H25ClN4OS. The molecule has 1 amide bonds. The van der Waals surface area contributed by atoms with Crippen molar-refractivity contribution in [2.24, 2.45) is 0 Å². The van der Waals surface area contributed by atoms with Gasteiger partial charge in [-0.2, -0.15) is 11.8 Å². The summed E-state index contributed by atoms with van der Waals surface area (Å²) in [5, 5.41) is 4.03. The fraction of sp³-hybridized carbons (Fsp3) is 0.706. The standard InChI is InChI=1S/C17H25ClN4OS/c18-14-12-20-17(22-9-4-1-5-10-22)21-15(14)16(23)19-8-11-24-13-6-2-3-7-13/h12-13H,1-11H2,(H,19,23). The zero-order valence-corrected chi connectivity index (χ0v) is 15.5. The average molecular weight is 369 g/mol. The lowest BCUT2D eigenvalue weighted by molar-refractivity contribution is 0.0951. The van der Waals surface area contributed by atoms with E-state index in [0.29, 0.717) is 17.5 Å². The first-order chi connectivity index (χ1) is 11.7. The van der Waals surface area contributed by atoms with Crippen molar-refractivity contribution < 1.29 is 4.79 Å². The highest BCUT2D eigenvalue weighted by molar-refractivity contribution is 7.99. The molecule has 1 aromatic rings. The van der Waals surface area contributed by atoms with Gasteiger partial charge in [-0.05, 0) is 32.1 Å². The van der Waals surface area contributed by atoms with E-state index in [2.05, 4.69) is 20.2 Å². The number of halogens is 1.